The van der Waals surface area contributed by atoms with Gasteiger partial charge in [0.25, 0.3) is 0 Å². The van der Waals surface area contributed by atoms with E-state index in [1.165, 1.54) is 30.6 Å². The van der Waals surface area contributed by atoms with Gasteiger partial charge in [0.2, 0.25) is 0 Å². The van der Waals surface area contributed by atoms with E-state index in [1.807, 2.05) is 37.3 Å². The molecule has 0 bridgehead atoms. The Labute approximate surface area is 190 Å². The van der Waals surface area contributed by atoms with Crippen LogP contribution in [0.1, 0.15) is 40.5 Å². The van der Waals surface area contributed by atoms with Crippen LogP contribution >= 0.6 is 11.3 Å². The summed E-state index contributed by atoms with van der Waals surface area (Å²) in [4.78, 5) is 1.69. The summed E-state index contributed by atoms with van der Waals surface area (Å²) < 4.78 is 25.0. The highest BCUT2D eigenvalue weighted by Crippen LogP contribution is 2.41. The number of aliphatic hydroxyl groups excluding tert-OH is 3. The molecule has 2 aromatic carbocycles. The van der Waals surface area contributed by atoms with Gasteiger partial charge >= 0.3 is 0 Å². The van der Waals surface area contributed by atoms with Crippen molar-refractivity contribution in [1.82, 2.24) is 0 Å². The summed E-state index contributed by atoms with van der Waals surface area (Å²) in [5.74, 6) is -1.49. The Hall–Kier alpha value is -2.13. The largest absolute Gasteiger partial charge is 0.394 e. The van der Waals surface area contributed by atoms with Crippen LogP contribution in [0.5, 0.6) is 0 Å². The van der Waals surface area contributed by atoms with Gasteiger partial charge in [0, 0.05) is 35.3 Å². The first-order chi connectivity index (χ1) is 15.3. The van der Waals surface area contributed by atoms with Crippen molar-refractivity contribution in [2.24, 2.45) is 0 Å². The van der Waals surface area contributed by atoms with Crippen molar-refractivity contribution in [3.63, 3.8) is 0 Å². The molecule has 1 aliphatic rings. The first kappa shape index (κ1) is 23.0. The molecule has 0 amide bonds. The van der Waals surface area contributed by atoms with E-state index in [4.69, 9.17) is 9.47 Å². The molecule has 5 nitrogen and oxygen atoms in total. The molecule has 3 N–H and O–H groups in total. The average molecular weight is 459 g/mol. The zero-order chi connectivity index (χ0) is 22.9. The topological polar surface area (TPSA) is 79.2 Å². The van der Waals surface area contributed by atoms with E-state index in [0.29, 0.717) is 17.5 Å². The van der Waals surface area contributed by atoms with Crippen molar-refractivity contribution in [3.8, 4) is 10.4 Å². The minimum Gasteiger partial charge on any atom is -0.394 e. The summed E-state index contributed by atoms with van der Waals surface area (Å²) in [6, 6.07) is 15.6. The van der Waals surface area contributed by atoms with E-state index in [2.05, 4.69) is 0 Å². The Bertz CT molecular complexity index is 1070. The van der Waals surface area contributed by atoms with Gasteiger partial charge in [0.15, 0.2) is 5.79 Å². The molecule has 0 radical (unpaired) electrons. The lowest BCUT2D eigenvalue weighted by Gasteiger charge is -2.42. The van der Waals surface area contributed by atoms with Crippen molar-refractivity contribution < 1.29 is 29.2 Å². The minimum atomic E-state index is -1.21. The zero-order valence-electron chi connectivity index (χ0n) is 18.0. The van der Waals surface area contributed by atoms with Gasteiger partial charge in [0.1, 0.15) is 11.9 Å². The van der Waals surface area contributed by atoms with Crippen molar-refractivity contribution in [1.29, 1.82) is 0 Å². The standard InChI is InChI=1S/C25H27FO5S/c1-15-3-6-17(25(30-2)13-19(28)12-20(14-27)31-25)11-21(15)24(29)23-10-9-22(32-23)16-4-7-18(26)8-5-16/h3-11,19-20,24,27-29H,12-14H2,1-2H3. The van der Waals surface area contributed by atoms with Crippen molar-refractivity contribution in [2.75, 3.05) is 13.7 Å². The summed E-state index contributed by atoms with van der Waals surface area (Å²) in [5, 5.41) is 31.1. The molecule has 32 heavy (non-hydrogen) atoms. The molecule has 0 aliphatic carbocycles. The SMILES string of the molecule is COC1(c2ccc(C)c(C(O)c3ccc(-c4ccc(F)cc4)s3)c2)CC(O)CC(CO)O1. The predicted octanol–water partition coefficient (Wildman–Crippen LogP) is 4.28. The monoisotopic (exact) mass is 458 g/mol. The van der Waals surface area contributed by atoms with Crippen molar-refractivity contribution in [2.45, 2.75) is 43.9 Å². The van der Waals surface area contributed by atoms with E-state index in [1.54, 1.807) is 12.1 Å². The molecule has 1 aromatic heterocycles. The summed E-state index contributed by atoms with van der Waals surface area (Å²) in [7, 11) is 1.51. The Kier molecular flexibility index (Phi) is 6.76. The fraction of sp³-hybridized carbons (Fsp3) is 0.360. The Morgan fingerprint density at radius 3 is 2.62 bits per heavy atom. The third-order valence-corrected chi connectivity index (χ3v) is 7.16. The highest BCUT2D eigenvalue weighted by molar-refractivity contribution is 7.15. The molecule has 4 rings (SSSR count). The maximum atomic E-state index is 13.2. The number of aliphatic hydroxyl groups is 3. The summed E-state index contributed by atoms with van der Waals surface area (Å²) in [6.45, 7) is 1.70. The van der Waals surface area contributed by atoms with Gasteiger partial charge in [-0.05, 0) is 53.9 Å². The molecule has 0 saturated carbocycles. The number of hydrogen-bond acceptors (Lipinski definition) is 6. The fourth-order valence-electron chi connectivity index (χ4n) is 4.20. The highest BCUT2D eigenvalue weighted by atomic mass is 32.1. The third kappa shape index (κ3) is 4.50. The predicted molar refractivity (Wildman–Crippen MR) is 121 cm³/mol. The van der Waals surface area contributed by atoms with Gasteiger partial charge < -0.3 is 24.8 Å². The average Bonchev–Trinajstić information content (AvgIpc) is 3.29. The highest BCUT2D eigenvalue weighted by Gasteiger charge is 2.43. The van der Waals surface area contributed by atoms with E-state index < -0.39 is 24.1 Å². The van der Waals surface area contributed by atoms with Gasteiger partial charge in [-0.25, -0.2) is 4.39 Å². The van der Waals surface area contributed by atoms with Crippen LogP contribution in [0.15, 0.2) is 54.6 Å². The van der Waals surface area contributed by atoms with Crippen molar-refractivity contribution in [3.05, 3.63) is 82.0 Å². The molecule has 0 spiro atoms. The normalized spacial score (nSPS) is 24.4. The lowest BCUT2D eigenvalue weighted by Crippen LogP contribution is -2.46. The van der Waals surface area contributed by atoms with Crippen LogP contribution in [0.25, 0.3) is 10.4 Å². The minimum absolute atomic E-state index is 0.217. The van der Waals surface area contributed by atoms with Crippen LogP contribution in [0.3, 0.4) is 0 Å². The first-order valence-electron chi connectivity index (χ1n) is 10.5. The van der Waals surface area contributed by atoms with E-state index in [-0.39, 0.29) is 18.8 Å². The summed E-state index contributed by atoms with van der Waals surface area (Å²) in [6.07, 6.45) is -1.52. The van der Waals surface area contributed by atoms with Gasteiger partial charge in [0.05, 0.1) is 18.8 Å². The molecular weight excluding hydrogens is 431 g/mol. The molecule has 1 saturated heterocycles. The molecule has 4 unspecified atom stereocenters. The Morgan fingerprint density at radius 2 is 1.94 bits per heavy atom. The fourth-order valence-corrected chi connectivity index (χ4v) is 5.22. The van der Waals surface area contributed by atoms with Crippen LogP contribution < -0.4 is 0 Å². The van der Waals surface area contributed by atoms with Gasteiger partial charge in [-0.2, -0.15) is 0 Å². The van der Waals surface area contributed by atoms with Crippen LogP contribution in [0.4, 0.5) is 4.39 Å². The second-order valence-electron chi connectivity index (χ2n) is 8.16. The van der Waals surface area contributed by atoms with E-state index >= 15 is 0 Å². The molecule has 170 valence electrons. The number of aryl methyl sites for hydroxylation is 1. The van der Waals surface area contributed by atoms with Crippen LogP contribution in [0, 0.1) is 12.7 Å². The van der Waals surface area contributed by atoms with Crippen LogP contribution in [0.2, 0.25) is 0 Å². The van der Waals surface area contributed by atoms with Gasteiger partial charge in [-0.1, -0.05) is 24.3 Å². The number of hydrogen-bond donors (Lipinski definition) is 3. The van der Waals surface area contributed by atoms with Gasteiger partial charge in [-0.3, -0.25) is 0 Å². The molecule has 4 atom stereocenters. The van der Waals surface area contributed by atoms with Crippen LogP contribution in [-0.2, 0) is 15.3 Å². The zero-order valence-corrected chi connectivity index (χ0v) is 18.8. The maximum Gasteiger partial charge on any atom is 0.197 e. The number of benzene rings is 2. The second-order valence-corrected chi connectivity index (χ2v) is 9.27. The quantitative estimate of drug-likeness (QED) is 0.514. The number of rotatable bonds is 6. The summed E-state index contributed by atoms with van der Waals surface area (Å²) >= 11 is 1.45. The third-order valence-electron chi connectivity index (χ3n) is 5.97. The Morgan fingerprint density at radius 1 is 1.19 bits per heavy atom. The lowest BCUT2D eigenvalue weighted by atomic mass is 9.89. The maximum absolute atomic E-state index is 13.2. The summed E-state index contributed by atoms with van der Waals surface area (Å²) in [5.41, 5.74) is 3.17. The second kappa shape index (κ2) is 9.39. The smallest absolute Gasteiger partial charge is 0.197 e. The Balaban J connectivity index is 1.66. The molecular formula is C25H27FO5S. The molecule has 3 aromatic rings. The van der Waals surface area contributed by atoms with E-state index in [0.717, 1.165) is 20.9 Å². The number of methoxy groups -OCH3 is 1. The van der Waals surface area contributed by atoms with Gasteiger partial charge in [-0.15, -0.1) is 11.3 Å². The number of halogens is 1. The van der Waals surface area contributed by atoms with E-state index in [9.17, 15) is 19.7 Å². The van der Waals surface area contributed by atoms with Crippen LogP contribution in [-0.4, -0.2) is 41.2 Å². The first-order valence-corrected chi connectivity index (χ1v) is 11.3. The molecule has 2 heterocycles. The molecule has 7 heteroatoms. The number of ether oxygens (including phenoxy) is 2. The van der Waals surface area contributed by atoms with Crippen molar-refractivity contribution >= 4 is 11.3 Å². The lowest BCUT2D eigenvalue weighted by molar-refractivity contribution is -0.298. The number of thiophene rings is 1. The molecule has 1 fully saturated rings. The molecule has 1 aliphatic heterocycles.